The lowest BCUT2D eigenvalue weighted by molar-refractivity contribution is 0.0945. The second kappa shape index (κ2) is 7.95. The summed E-state index contributed by atoms with van der Waals surface area (Å²) in [6.07, 6.45) is 8.13. The molecular weight excluding hydrogens is 416 g/mol. The van der Waals surface area contributed by atoms with Gasteiger partial charge in [0.05, 0.1) is 23.3 Å². The number of fused-ring (bicyclic) bond motifs is 1. The van der Waals surface area contributed by atoms with Gasteiger partial charge in [0.1, 0.15) is 5.65 Å². The molecule has 10 heteroatoms. The summed E-state index contributed by atoms with van der Waals surface area (Å²) in [7, 11) is -2.73. The number of hydrogen-bond acceptors (Lipinski definition) is 6. The third-order valence-corrected chi connectivity index (χ3v) is 6.13. The van der Waals surface area contributed by atoms with Crippen molar-refractivity contribution in [2.75, 3.05) is 0 Å². The van der Waals surface area contributed by atoms with Crippen molar-refractivity contribution in [3.05, 3.63) is 77.5 Å². The first kappa shape index (κ1) is 19.4. The van der Waals surface area contributed by atoms with Gasteiger partial charge in [0.15, 0.2) is 16.4 Å². The standard InChI is InChI=1S/C21H20N6O3S/c28-21(22-9-15-3-1-2-4-19(15)31(29)30)18-13-27(25-24-18)12-17-11-26-10-16(14-5-6-14)7-8-20(26)23-17/h1-4,7-8,10-11,13-14,31H,5-6,9,12H2,(H,22,28). The van der Waals surface area contributed by atoms with Crippen LogP contribution in [0.3, 0.4) is 0 Å². The van der Waals surface area contributed by atoms with Crippen LogP contribution in [0.15, 0.2) is 59.9 Å². The predicted molar refractivity (Wildman–Crippen MR) is 112 cm³/mol. The number of rotatable bonds is 7. The van der Waals surface area contributed by atoms with Crippen LogP contribution in [-0.4, -0.2) is 38.7 Å². The lowest BCUT2D eigenvalue weighted by atomic mass is 10.2. The third kappa shape index (κ3) is 4.19. The molecule has 1 amide bonds. The molecular formula is C21H20N6O3S. The topological polar surface area (TPSA) is 111 Å². The molecule has 0 aliphatic heterocycles. The van der Waals surface area contributed by atoms with E-state index in [4.69, 9.17) is 0 Å². The Morgan fingerprint density at radius 3 is 2.74 bits per heavy atom. The SMILES string of the molecule is O=C(NCc1ccccc1[SH](=O)=O)c1cn(Cc2cn3cc(C4CC4)ccc3n2)nn1. The maximum absolute atomic E-state index is 12.4. The highest BCUT2D eigenvalue weighted by atomic mass is 32.2. The minimum Gasteiger partial charge on any atom is -0.346 e. The van der Waals surface area contributed by atoms with Crippen LogP contribution in [0.5, 0.6) is 0 Å². The van der Waals surface area contributed by atoms with Crippen molar-refractivity contribution >= 4 is 22.3 Å². The molecule has 3 heterocycles. The summed E-state index contributed by atoms with van der Waals surface area (Å²) in [5.41, 5.74) is 3.70. The molecule has 1 aromatic carbocycles. The number of aromatic nitrogens is 5. The molecule has 0 bridgehead atoms. The molecule has 0 unspecified atom stereocenters. The van der Waals surface area contributed by atoms with Crippen molar-refractivity contribution in [3.8, 4) is 0 Å². The first-order valence-corrected chi connectivity index (χ1v) is 11.1. The van der Waals surface area contributed by atoms with Crippen molar-refractivity contribution in [1.82, 2.24) is 29.7 Å². The third-order valence-electron chi connectivity index (χ3n) is 5.30. The van der Waals surface area contributed by atoms with Gasteiger partial charge in [0, 0.05) is 18.9 Å². The van der Waals surface area contributed by atoms with E-state index in [2.05, 4.69) is 32.9 Å². The highest BCUT2D eigenvalue weighted by Gasteiger charge is 2.23. The molecule has 0 atom stereocenters. The van der Waals surface area contributed by atoms with Crippen molar-refractivity contribution in [3.63, 3.8) is 0 Å². The Hall–Kier alpha value is -3.53. The minimum atomic E-state index is -2.73. The molecule has 1 aliphatic rings. The number of nitrogens with one attached hydrogen (secondary N) is 1. The van der Waals surface area contributed by atoms with E-state index in [-0.39, 0.29) is 17.1 Å². The number of pyridine rings is 1. The largest absolute Gasteiger partial charge is 0.346 e. The van der Waals surface area contributed by atoms with E-state index in [1.54, 1.807) is 29.1 Å². The summed E-state index contributed by atoms with van der Waals surface area (Å²) < 4.78 is 26.2. The zero-order chi connectivity index (χ0) is 21.4. The van der Waals surface area contributed by atoms with Crippen LogP contribution in [0.1, 0.15) is 46.1 Å². The van der Waals surface area contributed by atoms with E-state index in [1.807, 2.05) is 16.7 Å². The Morgan fingerprint density at radius 1 is 1.10 bits per heavy atom. The molecule has 0 saturated heterocycles. The van der Waals surface area contributed by atoms with E-state index in [0.717, 1.165) is 11.3 Å². The maximum atomic E-state index is 12.4. The lowest BCUT2D eigenvalue weighted by Gasteiger charge is -2.05. The maximum Gasteiger partial charge on any atom is 0.273 e. The Labute approximate surface area is 179 Å². The van der Waals surface area contributed by atoms with Gasteiger partial charge >= 0.3 is 0 Å². The van der Waals surface area contributed by atoms with Crippen LogP contribution >= 0.6 is 0 Å². The van der Waals surface area contributed by atoms with E-state index >= 15 is 0 Å². The van der Waals surface area contributed by atoms with E-state index in [1.165, 1.54) is 24.5 Å². The fraction of sp³-hybridized carbons (Fsp3) is 0.238. The second-order valence-electron chi connectivity index (χ2n) is 7.60. The van der Waals surface area contributed by atoms with Crippen molar-refractivity contribution in [1.29, 1.82) is 0 Å². The predicted octanol–water partition coefficient (Wildman–Crippen LogP) is 1.75. The van der Waals surface area contributed by atoms with Gasteiger partial charge in [0.25, 0.3) is 5.91 Å². The van der Waals surface area contributed by atoms with Crippen molar-refractivity contribution < 1.29 is 13.2 Å². The Bertz CT molecular complexity index is 1340. The zero-order valence-corrected chi connectivity index (χ0v) is 17.4. The van der Waals surface area contributed by atoms with Crippen LogP contribution in [0.25, 0.3) is 5.65 Å². The van der Waals surface area contributed by atoms with Crippen molar-refractivity contribution in [2.45, 2.75) is 36.7 Å². The number of carbonyl (C=O) groups excluding carboxylic acids is 1. The highest BCUT2D eigenvalue weighted by Crippen LogP contribution is 2.39. The number of amides is 1. The number of carbonyl (C=O) groups is 1. The van der Waals surface area contributed by atoms with Gasteiger partial charge in [-0.25, -0.2) is 18.1 Å². The number of thiol groups is 1. The average Bonchev–Trinajstić information content (AvgIpc) is 3.38. The summed E-state index contributed by atoms with van der Waals surface area (Å²) in [6, 6.07) is 10.7. The Morgan fingerprint density at radius 2 is 1.94 bits per heavy atom. The average molecular weight is 436 g/mol. The summed E-state index contributed by atoms with van der Waals surface area (Å²) in [5.74, 6) is 0.249. The number of benzene rings is 1. The molecule has 31 heavy (non-hydrogen) atoms. The molecule has 1 saturated carbocycles. The molecule has 9 nitrogen and oxygen atoms in total. The highest BCUT2D eigenvalue weighted by molar-refractivity contribution is 7.72. The second-order valence-corrected chi connectivity index (χ2v) is 8.60. The van der Waals surface area contributed by atoms with E-state index < -0.39 is 16.6 Å². The van der Waals surface area contributed by atoms with Crippen LogP contribution in [0.2, 0.25) is 0 Å². The molecule has 1 aliphatic carbocycles. The van der Waals surface area contributed by atoms with Gasteiger partial charge in [0.2, 0.25) is 0 Å². The molecule has 3 aromatic heterocycles. The molecule has 1 N–H and O–H groups in total. The molecule has 5 rings (SSSR count). The number of imidazole rings is 1. The van der Waals surface area contributed by atoms with Gasteiger partial charge in [-0.2, -0.15) is 0 Å². The van der Waals surface area contributed by atoms with Gasteiger partial charge in [-0.05, 0) is 42.0 Å². The molecule has 4 aromatic rings. The van der Waals surface area contributed by atoms with Crippen molar-refractivity contribution in [2.24, 2.45) is 0 Å². The summed E-state index contributed by atoms with van der Waals surface area (Å²) in [4.78, 5) is 17.2. The van der Waals surface area contributed by atoms with Crippen LogP contribution < -0.4 is 5.32 Å². The monoisotopic (exact) mass is 436 g/mol. The summed E-state index contributed by atoms with van der Waals surface area (Å²) in [5, 5.41) is 10.6. The molecule has 0 spiro atoms. The van der Waals surface area contributed by atoms with Crippen LogP contribution in [-0.2, 0) is 23.8 Å². The van der Waals surface area contributed by atoms with E-state index in [0.29, 0.717) is 18.0 Å². The van der Waals surface area contributed by atoms with Gasteiger partial charge in [-0.15, -0.1) is 5.10 Å². The quantitative estimate of drug-likeness (QED) is 0.427. The Balaban J connectivity index is 1.25. The Kier molecular flexibility index (Phi) is 4.99. The van der Waals surface area contributed by atoms with Gasteiger partial charge < -0.3 is 9.72 Å². The zero-order valence-electron chi connectivity index (χ0n) is 16.5. The van der Waals surface area contributed by atoms with Crippen LogP contribution in [0.4, 0.5) is 0 Å². The number of nitrogens with zero attached hydrogens (tertiary/aromatic N) is 5. The smallest absolute Gasteiger partial charge is 0.273 e. The summed E-state index contributed by atoms with van der Waals surface area (Å²) in [6.45, 7) is 0.473. The minimum absolute atomic E-state index is 0.0843. The van der Waals surface area contributed by atoms with Gasteiger partial charge in [-0.1, -0.05) is 29.5 Å². The molecule has 158 valence electrons. The molecule has 0 radical (unpaired) electrons. The first-order valence-electron chi connectivity index (χ1n) is 9.95. The fourth-order valence-corrected chi connectivity index (χ4v) is 4.14. The van der Waals surface area contributed by atoms with E-state index in [9.17, 15) is 13.2 Å². The van der Waals surface area contributed by atoms with Gasteiger partial charge in [-0.3, -0.25) is 4.79 Å². The number of hydrogen-bond donors (Lipinski definition) is 2. The fourth-order valence-electron chi connectivity index (χ4n) is 3.55. The normalized spacial score (nSPS) is 13.7. The molecule has 1 fully saturated rings. The summed E-state index contributed by atoms with van der Waals surface area (Å²) >= 11 is 0. The lowest BCUT2D eigenvalue weighted by Crippen LogP contribution is -2.23. The first-order chi connectivity index (χ1) is 15.1. The van der Waals surface area contributed by atoms with Crippen LogP contribution in [0, 0.1) is 0 Å².